The molecule has 0 saturated carbocycles. The maximum Gasteiger partial charge on any atom is 0.330 e. The number of ether oxygens (including phenoxy) is 1. The van der Waals surface area contributed by atoms with Crippen LogP contribution in [0.4, 0.5) is 15.9 Å². The van der Waals surface area contributed by atoms with Crippen LogP contribution in [0.2, 0.25) is 0 Å². The van der Waals surface area contributed by atoms with Crippen LogP contribution in [0.15, 0.2) is 38.3 Å². The normalized spacial score (nSPS) is 11.4. The number of aromatic nitrogens is 2. The zero-order valence-electron chi connectivity index (χ0n) is 16.9. The molecule has 1 aromatic heterocycles. The molecule has 2 rings (SSSR count). The fourth-order valence-corrected chi connectivity index (χ4v) is 3.17. The third-order valence-corrected chi connectivity index (χ3v) is 4.67. The smallest absolute Gasteiger partial charge is 0.330 e. The number of nitrogen functional groups attached to an aromatic ring is 1. The van der Waals surface area contributed by atoms with Crippen LogP contribution in [0.1, 0.15) is 19.4 Å². The molecule has 0 aliphatic heterocycles. The monoisotopic (exact) mass is 482 g/mol. The van der Waals surface area contributed by atoms with E-state index >= 15 is 0 Å². The number of carbonyl (C=O) groups excluding carboxylic acids is 1. The van der Waals surface area contributed by atoms with Gasteiger partial charge < -0.3 is 10.5 Å². The van der Waals surface area contributed by atoms with Crippen molar-refractivity contribution in [1.82, 2.24) is 9.55 Å². The number of hydrogen-bond acceptors (Lipinski definition) is 5. The molecule has 1 amide bonds. The number of halogens is 2. The molecule has 2 aromatic rings. The van der Waals surface area contributed by atoms with Crippen LogP contribution in [0.25, 0.3) is 6.08 Å². The van der Waals surface area contributed by atoms with Crippen LogP contribution in [0, 0.1) is 11.7 Å². The van der Waals surface area contributed by atoms with Crippen LogP contribution in [-0.2, 0) is 16.1 Å². The van der Waals surface area contributed by atoms with E-state index in [0.29, 0.717) is 4.47 Å². The van der Waals surface area contributed by atoms with E-state index in [2.05, 4.69) is 20.9 Å². The predicted octanol–water partition coefficient (Wildman–Crippen LogP) is 2.37. The molecular weight excluding hydrogens is 459 g/mol. The molecule has 1 aromatic carbocycles. The molecule has 8 nitrogen and oxygen atoms in total. The average molecular weight is 483 g/mol. The first-order valence-electron chi connectivity index (χ1n) is 9.21. The molecule has 30 heavy (non-hydrogen) atoms. The topological polar surface area (TPSA) is 110 Å². The number of methoxy groups -OCH3 is 1. The van der Waals surface area contributed by atoms with E-state index in [1.165, 1.54) is 36.0 Å². The lowest BCUT2D eigenvalue weighted by atomic mass is 10.2. The molecule has 0 unspecified atom stereocenters. The molecule has 3 N–H and O–H groups in total. The van der Waals surface area contributed by atoms with E-state index in [9.17, 15) is 18.8 Å². The Morgan fingerprint density at radius 2 is 2.10 bits per heavy atom. The van der Waals surface area contributed by atoms with Gasteiger partial charge in [0.25, 0.3) is 11.5 Å². The van der Waals surface area contributed by atoms with Crippen LogP contribution in [0.5, 0.6) is 0 Å². The van der Waals surface area contributed by atoms with Crippen molar-refractivity contribution in [3.8, 4) is 0 Å². The van der Waals surface area contributed by atoms with Crippen molar-refractivity contribution >= 4 is 39.4 Å². The lowest BCUT2D eigenvalue weighted by molar-refractivity contribution is -0.114. The summed E-state index contributed by atoms with van der Waals surface area (Å²) in [5, 5.41) is 0. The molecule has 162 valence electrons. The fourth-order valence-electron chi connectivity index (χ4n) is 2.79. The number of aromatic amines is 1. The number of anilines is 2. The summed E-state index contributed by atoms with van der Waals surface area (Å²) >= 11 is 3.25. The van der Waals surface area contributed by atoms with Crippen molar-refractivity contribution in [2.24, 2.45) is 5.92 Å². The molecule has 10 heteroatoms. The van der Waals surface area contributed by atoms with Gasteiger partial charge in [-0.25, -0.2) is 9.18 Å². The first kappa shape index (κ1) is 23.6. The van der Waals surface area contributed by atoms with Gasteiger partial charge in [0, 0.05) is 36.3 Å². The van der Waals surface area contributed by atoms with Crippen molar-refractivity contribution in [2.75, 3.05) is 30.9 Å². The first-order chi connectivity index (χ1) is 14.1. The highest BCUT2D eigenvalue weighted by molar-refractivity contribution is 9.10. The summed E-state index contributed by atoms with van der Waals surface area (Å²) in [5.74, 6) is -1.16. The molecule has 0 radical (unpaired) electrons. The van der Waals surface area contributed by atoms with Crippen LogP contribution in [0.3, 0.4) is 0 Å². The molecule has 0 atom stereocenters. The van der Waals surface area contributed by atoms with Gasteiger partial charge in [0.05, 0.1) is 6.61 Å². The van der Waals surface area contributed by atoms with E-state index in [4.69, 9.17) is 10.5 Å². The van der Waals surface area contributed by atoms with Gasteiger partial charge in [-0.1, -0.05) is 29.8 Å². The van der Waals surface area contributed by atoms with E-state index in [-0.39, 0.29) is 42.7 Å². The van der Waals surface area contributed by atoms with Gasteiger partial charge in [-0.2, -0.15) is 0 Å². The summed E-state index contributed by atoms with van der Waals surface area (Å²) in [6.07, 6.45) is 2.44. The third-order valence-electron chi connectivity index (χ3n) is 4.18. The van der Waals surface area contributed by atoms with Crippen LogP contribution in [-0.4, -0.2) is 35.7 Å². The highest BCUT2D eigenvalue weighted by Gasteiger charge is 2.23. The predicted molar refractivity (Wildman–Crippen MR) is 118 cm³/mol. The van der Waals surface area contributed by atoms with E-state index in [0.717, 1.165) is 11.0 Å². The number of nitrogens with one attached hydrogen (secondary N) is 1. The Balaban J connectivity index is 2.50. The maximum absolute atomic E-state index is 14.0. The van der Waals surface area contributed by atoms with Gasteiger partial charge in [0.15, 0.2) is 5.69 Å². The van der Waals surface area contributed by atoms with Gasteiger partial charge in [-0.05, 0) is 30.2 Å². The minimum atomic E-state index is -0.788. The maximum atomic E-state index is 14.0. The lowest BCUT2D eigenvalue weighted by Gasteiger charge is -2.23. The Kier molecular flexibility index (Phi) is 8.13. The Bertz CT molecular complexity index is 1060. The highest BCUT2D eigenvalue weighted by Crippen LogP contribution is 2.20. The Morgan fingerprint density at radius 3 is 2.73 bits per heavy atom. The summed E-state index contributed by atoms with van der Waals surface area (Å²) < 4.78 is 20.9. The van der Waals surface area contributed by atoms with Crippen molar-refractivity contribution in [3.05, 3.63) is 61.0 Å². The zero-order valence-corrected chi connectivity index (χ0v) is 18.5. The van der Waals surface area contributed by atoms with Crippen molar-refractivity contribution in [2.45, 2.75) is 20.4 Å². The van der Waals surface area contributed by atoms with Gasteiger partial charge in [0.1, 0.15) is 11.6 Å². The standard InChI is InChI=1S/C20H24BrFN4O4/c1-12(2)11-26-18(23)17(19(28)24-20(26)29)25(8-9-30-3)16(27)7-4-13-10-14(21)5-6-15(13)22/h4-7,10,12H,8-9,11,23H2,1-3H3,(H,24,28,29)/b7-4+. The number of benzene rings is 1. The Hall–Kier alpha value is -2.72. The van der Waals surface area contributed by atoms with Crippen molar-refractivity contribution in [3.63, 3.8) is 0 Å². The number of nitrogens with two attached hydrogens (primary N) is 1. The summed E-state index contributed by atoms with van der Waals surface area (Å²) in [6, 6.07) is 4.32. The molecular formula is C20H24BrFN4O4. The Morgan fingerprint density at radius 1 is 1.40 bits per heavy atom. The van der Waals surface area contributed by atoms with Gasteiger partial charge in [0.2, 0.25) is 0 Å². The minimum absolute atomic E-state index is 0.00774. The molecule has 0 fully saturated rings. The summed E-state index contributed by atoms with van der Waals surface area (Å²) in [6.45, 7) is 4.17. The summed E-state index contributed by atoms with van der Waals surface area (Å²) in [4.78, 5) is 40.9. The lowest BCUT2D eigenvalue weighted by Crippen LogP contribution is -2.42. The van der Waals surface area contributed by atoms with Gasteiger partial charge in [-0.15, -0.1) is 0 Å². The van der Waals surface area contributed by atoms with E-state index < -0.39 is 23.0 Å². The van der Waals surface area contributed by atoms with Crippen molar-refractivity contribution < 1.29 is 13.9 Å². The third kappa shape index (κ3) is 5.67. The number of amides is 1. The zero-order chi connectivity index (χ0) is 22.4. The SMILES string of the molecule is COCCN(C(=O)/C=C/c1cc(Br)ccc1F)c1c(N)n(CC(C)C)c(=O)[nH]c1=O. The second kappa shape index (κ2) is 10.4. The highest BCUT2D eigenvalue weighted by atomic mass is 79.9. The van der Waals surface area contributed by atoms with Crippen LogP contribution < -0.4 is 21.9 Å². The number of rotatable bonds is 8. The van der Waals surface area contributed by atoms with Gasteiger partial charge in [-0.3, -0.25) is 24.0 Å². The first-order valence-corrected chi connectivity index (χ1v) is 10.0. The number of carbonyl (C=O) groups is 1. The molecule has 0 aliphatic rings. The minimum Gasteiger partial charge on any atom is -0.383 e. The van der Waals surface area contributed by atoms with Gasteiger partial charge >= 0.3 is 5.69 Å². The second-order valence-electron chi connectivity index (χ2n) is 6.98. The number of hydrogen-bond donors (Lipinski definition) is 2. The van der Waals surface area contributed by atoms with Crippen molar-refractivity contribution in [1.29, 1.82) is 0 Å². The van der Waals surface area contributed by atoms with Crippen LogP contribution >= 0.6 is 15.9 Å². The van der Waals surface area contributed by atoms with E-state index in [1.807, 2.05) is 13.8 Å². The summed E-state index contributed by atoms with van der Waals surface area (Å²) in [7, 11) is 1.45. The molecule has 1 heterocycles. The summed E-state index contributed by atoms with van der Waals surface area (Å²) in [5.41, 5.74) is 4.71. The average Bonchev–Trinajstić information content (AvgIpc) is 2.67. The fraction of sp³-hybridized carbons (Fsp3) is 0.350. The molecule has 0 saturated heterocycles. The number of H-pyrrole nitrogens is 1. The second-order valence-corrected chi connectivity index (χ2v) is 7.90. The van der Waals surface area contributed by atoms with E-state index in [1.54, 1.807) is 0 Å². The molecule has 0 spiro atoms. The largest absolute Gasteiger partial charge is 0.383 e. The molecule has 0 aliphatic carbocycles. The molecule has 0 bridgehead atoms. The Labute approximate surface area is 181 Å². The quantitative estimate of drug-likeness (QED) is 0.561. The number of nitrogens with zero attached hydrogens (tertiary/aromatic N) is 2.